The summed E-state index contributed by atoms with van der Waals surface area (Å²) in [5, 5.41) is 9.00. The molecule has 2 aromatic rings. The maximum atomic E-state index is 12.2. The van der Waals surface area contributed by atoms with Crippen molar-refractivity contribution in [3.8, 4) is 11.5 Å². The number of ether oxygens (including phenoxy) is 2. The molecule has 2 N–H and O–H groups in total. The number of hydrogen-bond acceptors (Lipinski definition) is 6. The fraction of sp³-hybridized carbons (Fsp3) is 0.231. The van der Waals surface area contributed by atoms with E-state index in [9.17, 15) is 8.42 Å². The molecule has 2 heterocycles. The highest BCUT2D eigenvalue weighted by Gasteiger charge is 2.19. The van der Waals surface area contributed by atoms with Gasteiger partial charge in [0.25, 0.3) is 10.0 Å². The molecule has 0 atom stereocenters. The third-order valence-electron chi connectivity index (χ3n) is 2.85. The third-order valence-corrected chi connectivity index (χ3v) is 5.80. The van der Waals surface area contributed by atoms with Crippen LogP contribution in [-0.4, -0.2) is 26.7 Å². The summed E-state index contributed by atoms with van der Waals surface area (Å²) in [6, 6.07) is 7.93. The van der Waals surface area contributed by atoms with Gasteiger partial charge in [0.05, 0.1) is 12.3 Å². The van der Waals surface area contributed by atoms with E-state index in [1.165, 1.54) is 6.07 Å². The van der Waals surface area contributed by atoms with Crippen molar-refractivity contribution in [2.24, 2.45) is 0 Å². The Morgan fingerprint density at radius 3 is 2.62 bits per heavy atom. The number of benzene rings is 1. The van der Waals surface area contributed by atoms with E-state index in [0.29, 0.717) is 35.3 Å². The highest BCUT2D eigenvalue weighted by Crippen LogP contribution is 2.33. The molecule has 1 aliphatic heterocycles. The van der Waals surface area contributed by atoms with E-state index in [-0.39, 0.29) is 10.8 Å². The van der Waals surface area contributed by atoms with E-state index in [1.54, 1.807) is 24.3 Å². The SMILES string of the molecule is O=S(=O)(Nc1ccc2c(c1)OCCO2)c1ccc(CO)s1. The largest absolute Gasteiger partial charge is 0.486 e. The first-order valence-electron chi connectivity index (χ1n) is 6.20. The summed E-state index contributed by atoms with van der Waals surface area (Å²) in [5.74, 6) is 1.12. The molecule has 1 aliphatic rings. The van der Waals surface area contributed by atoms with Gasteiger partial charge < -0.3 is 14.6 Å². The van der Waals surface area contributed by atoms with Crippen LogP contribution >= 0.6 is 11.3 Å². The summed E-state index contributed by atoms with van der Waals surface area (Å²) in [5.41, 5.74) is 0.401. The Bertz CT molecular complexity index is 754. The minimum absolute atomic E-state index is 0.154. The van der Waals surface area contributed by atoms with Gasteiger partial charge in [-0.25, -0.2) is 8.42 Å². The van der Waals surface area contributed by atoms with E-state index >= 15 is 0 Å². The first kappa shape index (κ1) is 14.2. The van der Waals surface area contributed by atoms with Gasteiger partial charge in [-0.1, -0.05) is 0 Å². The minimum Gasteiger partial charge on any atom is -0.486 e. The van der Waals surface area contributed by atoms with Gasteiger partial charge in [-0.2, -0.15) is 0 Å². The normalized spacial score (nSPS) is 14.0. The van der Waals surface area contributed by atoms with Crippen LogP contribution in [0.4, 0.5) is 5.69 Å². The maximum absolute atomic E-state index is 12.2. The van der Waals surface area contributed by atoms with Crippen LogP contribution in [0.3, 0.4) is 0 Å². The molecule has 112 valence electrons. The van der Waals surface area contributed by atoms with Gasteiger partial charge in [0.2, 0.25) is 0 Å². The molecule has 6 nitrogen and oxygen atoms in total. The fourth-order valence-electron chi connectivity index (χ4n) is 1.90. The van der Waals surface area contributed by atoms with Crippen LogP contribution in [0.15, 0.2) is 34.5 Å². The molecule has 0 saturated carbocycles. The highest BCUT2D eigenvalue weighted by atomic mass is 32.2. The van der Waals surface area contributed by atoms with E-state index < -0.39 is 10.0 Å². The molecule has 0 spiro atoms. The van der Waals surface area contributed by atoms with E-state index in [1.807, 2.05) is 0 Å². The number of fused-ring (bicyclic) bond motifs is 1. The van der Waals surface area contributed by atoms with Crippen LogP contribution in [0.25, 0.3) is 0 Å². The minimum atomic E-state index is -3.67. The lowest BCUT2D eigenvalue weighted by atomic mass is 10.3. The van der Waals surface area contributed by atoms with Crippen molar-refractivity contribution in [1.29, 1.82) is 0 Å². The first-order chi connectivity index (χ1) is 10.1. The Morgan fingerprint density at radius 1 is 1.14 bits per heavy atom. The smallest absolute Gasteiger partial charge is 0.271 e. The Kier molecular flexibility index (Phi) is 3.75. The second-order valence-electron chi connectivity index (χ2n) is 4.34. The van der Waals surface area contributed by atoms with E-state index in [4.69, 9.17) is 14.6 Å². The van der Waals surface area contributed by atoms with Crippen molar-refractivity contribution in [3.63, 3.8) is 0 Å². The summed E-state index contributed by atoms with van der Waals surface area (Å²) in [7, 11) is -3.67. The number of anilines is 1. The monoisotopic (exact) mass is 327 g/mol. The second kappa shape index (κ2) is 5.55. The first-order valence-corrected chi connectivity index (χ1v) is 8.50. The van der Waals surface area contributed by atoms with Crippen molar-refractivity contribution in [3.05, 3.63) is 35.2 Å². The van der Waals surface area contributed by atoms with Crippen molar-refractivity contribution >= 4 is 27.0 Å². The molecule has 8 heteroatoms. The quantitative estimate of drug-likeness (QED) is 0.895. The molecule has 0 radical (unpaired) electrons. The fourth-order valence-corrected chi connectivity index (χ4v) is 4.17. The Labute approximate surface area is 126 Å². The third kappa shape index (κ3) is 2.97. The lowest BCUT2D eigenvalue weighted by molar-refractivity contribution is 0.171. The zero-order valence-electron chi connectivity index (χ0n) is 10.9. The molecule has 3 rings (SSSR count). The predicted octanol–water partition coefficient (Wildman–Crippen LogP) is 1.81. The molecule has 1 aromatic heterocycles. The number of thiophene rings is 1. The lowest BCUT2D eigenvalue weighted by Gasteiger charge is -2.19. The molecule has 1 aromatic carbocycles. The van der Waals surface area contributed by atoms with Crippen LogP contribution in [-0.2, 0) is 16.6 Å². The number of nitrogens with one attached hydrogen (secondary N) is 1. The summed E-state index contributed by atoms with van der Waals surface area (Å²) in [6.45, 7) is 0.745. The van der Waals surface area contributed by atoms with Crippen LogP contribution in [0.2, 0.25) is 0 Å². The molecule has 0 fully saturated rings. The van der Waals surface area contributed by atoms with Gasteiger partial charge in [-0.3, -0.25) is 4.72 Å². The molecule has 0 amide bonds. The summed E-state index contributed by atoms with van der Waals surface area (Å²) in [4.78, 5) is 0.595. The molecular weight excluding hydrogens is 314 g/mol. The number of hydrogen-bond donors (Lipinski definition) is 2. The summed E-state index contributed by atoms with van der Waals surface area (Å²) in [6.07, 6.45) is 0. The zero-order chi connectivity index (χ0) is 14.9. The van der Waals surface area contributed by atoms with Crippen molar-refractivity contribution in [2.75, 3.05) is 17.9 Å². The zero-order valence-corrected chi connectivity index (χ0v) is 12.5. The Morgan fingerprint density at radius 2 is 1.90 bits per heavy atom. The highest BCUT2D eigenvalue weighted by molar-refractivity contribution is 7.94. The molecule has 0 bridgehead atoms. The lowest BCUT2D eigenvalue weighted by Crippen LogP contribution is -2.16. The Balaban J connectivity index is 1.85. The van der Waals surface area contributed by atoms with Crippen molar-refractivity contribution in [2.45, 2.75) is 10.8 Å². The molecule has 0 aliphatic carbocycles. The molecule has 0 unspecified atom stereocenters. The average Bonchev–Trinajstić information content (AvgIpc) is 2.96. The van der Waals surface area contributed by atoms with Gasteiger partial charge in [0.15, 0.2) is 11.5 Å². The molecule has 0 saturated heterocycles. The average molecular weight is 327 g/mol. The van der Waals surface area contributed by atoms with Crippen LogP contribution in [0.1, 0.15) is 4.88 Å². The van der Waals surface area contributed by atoms with E-state index in [0.717, 1.165) is 11.3 Å². The van der Waals surface area contributed by atoms with Gasteiger partial charge >= 0.3 is 0 Å². The Hall–Kier alpha value is -1.77. The summed E-state index contributed by atoms with van der Waals surface area (Å²) >= 11 is 1.03. The van der Waals surface area contributed by atoms with Gasteiger partial charge in [-0.05, 0) is 24.3 Å². The molecule has 21 heavy (non-hydrogen) atoms. The standard InChI is InChI=1S/C13H13NO5S2/c15-8-10-2-4-13(20-10)21(16,17)14-9-1-3-11-12(7-9)19-6-5-18-11/h1-4,7,14-15H,5-6,8H2. The van der Waals surface area contributed by atoms with Crippen molar-refractivity contribution < 1.29 is 23.0 Å². The number of aliphatic hydroxyl groups is 1. The number of rotatable bonds is 4. The number of aliphatic hydroxyl groups excluding tert-OH is 1. The van der Waals surface area contributed by atoms with Crippen LogP contribution in [0, 0.1) is 0 Å². The number of sulfonamides is 1. The van der Waals surface area contributed by atoms with Gasteiger partial charge in [-0.15, -0.1) is 11.3 Å². The van der Waals surface area contributed by atoms with Crippen molar-refractivity contribution in [1.82, 2.24) is 0 Å². The molecular formula is C13H13NO5S2. The van der Waals surface area contributed by atoms with Gasteiger partial charge in [0, 0.05) is 10.9 Å². The summed E-state index contributed by atoms with van der Waals surface area (Å²) < 4.78 is 37.9. The van der Waals surface area contributed by atoms with Crippen LogP contribution in [0.5, 0.6) is 11.5 Å². The van der Waals surface area contributed by atoms with Gasteiger partial charge in [0.1, 0.15) is 17.4 Å². The maximum Gasteiger partial charge on any atom is 0.271 e. The second-order valence-corrected chi connectivity index (χ2v) is 7.42. The predicted molar refractivity (Wildman–Crippen MR) is 78.5 cm³/mol. The van der Waals surface area contributed by atoms with Crippen LogP contribution < -0.4 is 14.2 Å². The topological polar surface area (TPSA) is 84.9 Å². The van der Waals surface area contributed by atoms with E-state index in [2.05, 4.69) is 4.72 Å².